The minimum absolute atomic E-state index is 0.215. The molecule has 1 aliphatic rings. The minimum Gasteiger partial charge on any atom is -0.396 e. The lowest BCUT2D eigenvalue weighted by Gasteiger charge is -2.43. The van der Waals surface area contributed by atoms with Gasteiger partial charge in [-0.1, -0.05) is 12.1 Å². The molecule has 6 heteroatoms. The van der Waals surface area contributed by atoms with Gasteiger partial charge in [-0.15, -0.1) is 0 Å². The first-order valence-corrected chi connectivity index (χ1v) is 8.96. The van der Waals surface area contributed by atoms with E-state index in [0.29, 0.717) is 17.8 Å². The van der Waals surface area contributed by atoms with Gasteiger partial charge in [-0.3, -0.25) is 9.80 Å². The Morgan fingerprint density at radius 1 is 1.28 bits per heavy atom. The molecular formula is C19H27FN4O. The van der Waals surface area contributed by atoms with E-state index < -0.39 is 0 Å². The second-order valence-corrected chi connectivity index (χ2v) is 6.98. The van der Waals surface area contributed by atoms with Gasteiger partial charge in [0.1, 0.15) is 11.5 Å². The molecule has 1 aliphatic heterocycles. The molecule has 2 heterocycles. The summed E-state index contributed by atoms with van der Waals surface area (Å²) in [4.78, 5) is 4.86. The van der Waals surface area contributed by atoms with E-state index in [0.717, 1.165) is 38.2 Å². The second kappa shape index (κ2) is 8.08. The highest BCUT2D eigenvalue weighted by Gasteiger charge is 2.28. The maximum atomic E-state index is 13.9. The van der Waals surface area contributed by atoms with Crippen molar-refractivity contribution in [3.63, 3.8) is 0 Å². The van der Waals surface area contributed by atoms with Gasteiger partial charge in [0.15, 0.2) is 0 Å². The first-order chi connectivity index (χ1) is 12.1. The number of benzene rings is 1. The van der Waals surface area contributed by atoms with Gasteiger partial charge in [0.2, 0.25) is 0 Å². The molecule has 0 amide bonds. The summed E-state index contributed by atoms with van der Waals surface area (Å²) in [5.74, 6) is -0.272. The predicted molar refractivity (Wildman–Crippen MR) is 96.1 cm³/mol. The summed E-state index contributed by atoms with van der Waals surface area (Å²) in [6.07, 6.45) is 4.50. The molecule has 3 rings (SSSR count). The molecule has 1 aromatic heterocycles. The summed E-state index contributed by atoms with van der Waals surface area (Å²) in [7, 11) is 0. The average Bonchev–Trinajstić information content (AvgIpc) is 3.04. The van der Waals surface area contributed by atoms with Gasteiger partial charge in [0, 0.05) is 56.6 Å². The monoisotopic (exact) mass is 346 g/mol. The third kappa shape index (κ3) is 4.26. The quantitative estimate of drug-likeness (QED) is 0.872. The molecule has 1 saturated heterocycles. The zero-order valence-electron chi connectivity index (χ0n) is 15.0. The normalized spacial score (nSPS) is 19.6. The second-order valence-electron chi connectivity index (χ2n) is 6.98. The first-order valence-electron chi connectivity index (χ1n) is 8.96. The van der Waals surface area contributed by atoms with Crippen molar-refractivity contribution in [2.24, 2.45) is 0 Å². The van der Waals surface area contributed by atoms with Crippen molar-refractivity contribution in [1.82, 2.24) is 19.6 Å². The maximum Gasteiger partial charge on any atom is 0.148 e. The highest BCUT2D eigenvalue weighted by Crippen LogP contribution is 2.19. The predicted octanol–water partition coefficient (Wildman–Crippen LogP) is 2.29. The summed E-state index contributed by atoms with van der Waals surface area (Å²) in [5, 5.41) is 13.7. The van der Waals surface area contributed by atoms with E-state index in [1.165, 1.54) is 6.07 Å². The maximum absolute atomic E-state index is 13.9. The van der Waals surface area contributed by atoms with Crippen LogP contribution in [0.3, 0.4) is 0 Å². The van der Waals surface area contributed by atoms with Crippen LogP contribution in [0, 0.1) is 5.82 Å². The standard InChI is InChI=1S/C19H27FN4O/c1-15(2)23-9-8-22(14-17(23)7-10-25)12-16-11-21-24(13-16)19-6-4-3-5-18(19)20/h3-6,11,13,15,17,25H,7-10,12,14H2,1-2H3/t17-/m1/s1. The van der Waals surface area contributed by atoms with Crippen molar-refractivity contribution in [1.29, 1.82) is 0 Å². The van der Waals surface area contributed by atoms with Crippen LogP contribution in [0.1, 0.15) is 25.8 Å². The number of para-hydroxylation sites is 1. The number of rotatable bonds is 6. The summed E-state index contributed by atoms with van der Waals surface area (Å²) < 4.78 is 15.5. The number of piperazine rings is 1. The number of nitrogens with zero attached hydrogens (tertiary/aromatic N) is 4. The van der Waals surface area contributed by atoms with Crippen LogP contribution in [-0.4, -0.2) is 63.0 Å². The molecule has 1 atom stereocenters. The van der Waals surface area contributed by atoms with Crippen LogP contribution in [0.5, 0.6) is 0 Å². The summed E-state index contributed by atoms with van der Waals surface area (Å²) in [6.45, 7) is 8.35. The molecule has 0 saturated carbocycles. The Morgan fingerprint density at radius 3 is 2.80 bits per heavy atom. The lowest BCUT2D eigenvalue weighted by atomic mass is 10.1. The van der Waals surface area contributed by atoms with Gasteiger partial charge in [0.05, 0.1) is 6.20 Å². The summed E-state index contributed by atoms with van der Waals surface area (Å²) in [5.41, 5.74) is 1.54. The van der Waals surface area contributed by atoms with Crippen molar-refractivity contribution < 1.29 is 9.50 Å². The molecule has 0 unspecified atom stereocenters. The molecule has 136 valence electrons. The van der Waals surface area contributed by atoms with E-state index in [1.54, 1.807) is 16.8 Å². The number of aromatic nitrogens is 2. The molecule has 1 N–H and O–H groups in total. The number of halogens is 1. The average molecular weight is 346 g/mol. The summed E-state index contributed by atoms with van der Waals surface area (Å²) in [6, 6.07) is 7.53. The fourth-order valence-electron chi connectivity index (χ4n) is 3.63. The Balaban J connectivity index is 1.66. The molecular weight excluding hydrogens is 319 g/mol. The fourth-order valence-corrected chi connectivity index (χ4v) is 3.63. The summed E-state index contributed by atoms with van der Waals surface area (Å²) >= 11 is 0. The topological polar surface area (TPSA) is 44.5 Å². The van der Waals surface area contributed by atoms with Crippen LogP contribution in [-0.2, 0) is 6.54 Å². The van der Waals surface area contributed by atoms with Crippen LogP contribution in [0.4, 0.5) is 4.39 Å². The first kappa shape index (κ1) is 18.0. The molecule has 0 radical (unpaired) electrons. The van der Waals surface area contributed by atoms with E-state index in [4.69, 9.17) is 0 Å². The molecule has 25 heavy (non-hydrogen) atoms. The molecule has 5 nitrogen and oxygen atoms in total. The number of aliphatic hydroxyl groups excluding tert-OH is 1. The van der Waals surface area contributed by atoms with E-state index in [-0.39, 0.29) is 12.4 Å². The number of aliphatic hydroxyl groups is 1. The van der Waals surface area contributed by atoms with Gasteiger partial charge >= 0.3 is 0 Å². The lowest BCUT2D eigenvalue weighted by Crippen LogP contribution is -2.55. The third-order valence-corrected chi connectivity index (χ3v) is 4.88. The Morgan fingerprint density at radius 2 is 2.08 bits per heavy atom. The lowest BCUT2D eigenvalue weighted by molar-refractivity contribution is 0.0349. The van der Waals surface area contributed by atoms with E-state index in [1.807, 2.05) is 18.5 Å². The van der Waals surface area contributed by atoms with Crippen molar-refractivity contribution in [2.45, 2.75) is 38.9 Å². The Hall–Kier alpha value is -1.76. The van der Waals surface area contributed by atoms with Gasteiger partial charge in [-0.25, -0.2) is 9.07 Å². The van der Waals surface area contributed by atoms with Gasteiger partial charge in [0.25, 0.3) is 0 Å². The van der Waals surface area contributed by atoms with E-state index in [2.05, 4.69) is 28.7 Å². The number of hydrogen-bond donors (Lipinski definition) is 1. The van der Waals surface area contributed by atoms with Crippen LogP contribution >= 0.6 is 0 Å². The van der Waals surface area contributed by atoms with Crippen LogP contribution < -0.4 is 0 Å². The Kier molecular flexibility index (Phi) is 5.83. The van der Waals surface area contributed by atoms with Gasteiger partial charge < -0.3 is 5.11 Å². The smallest absolute Gasteiger partial charge is 0.148 e. The van der Waals surface area contributed by atoms with Crippen molar-refractivity contribution in [3.05, 3.63) is 48.0 Å². The van der Waals surface area contributed by atoms with Crippen molar-refractivity contribution >= 4 is 0 Å². The number of hydrogen-bond acceptors (Lipinski definition) is 4. The zero-order chi connectivity index (χ0) is 17.8. The molecule has 1 fully saturated rings. The molecule has 0 bridgehead atoms. The molecule has 1 aromatic carbocycles. The molecule has 0 spiro atoms. The zero-order valence-corrected chi connectivity index (χ0v) is 15.0. The molecule has 0 aliphatic carbocycles. The van der Waals surface area contributed by atoms with Crippen molar-refractivity contribution in [3.8, 4) is 5.69 Å². The largest absolute Gasteiger partial charge is 0.396 e. The van der Waals surface area contributed by atoms with Gasteiger partial charge in [-0.2, -0.15) is 5.10 Å². The minimum atomic E-state index is -0.272. The fraction of sp³-hybridized carbons (Fsp3) is 0.526. The van der Waals surface area contributed by atoms with Crippen LogP contribution in [0.15, 0.2) is 36.7 Å². The van der Waals surface area contributed by atoms with Gasteiger partial charge in [-0.05, 0) is 32.4 Å². The SMILES string of the molecule is CC(C)N1CCN(Cc2cnn(-c3ccccc3F)c2)C[C@H]1CCO. The third-order valence-electron chi connectivity index (χ3n) is 4.88. The highest BCUT2D eigenvalue weighted by molar-refractivity contribution is 5.32. The van der Waals surface area contributed by atoms with E-state index in [9.17, 15) is 9.50 Å². The molecule has 2 aromatic rings. The Labute approximate surface area is 148 Å². The van der Waals surface area contributed by atoms with Crippen LogP contribution in [0.2, 0.25) is 0 Å². The Bertz CT molecular complexity index is 688. The van der Waals surface area contributed by atoms with Crippen LogP contribution in [0.25, 0.3) is 5.69 Å². The van der Waals surface area contributed by atoms with Crippen molar-refractivity contribution in [2.75, 3.05) is 26.2 Å². The van der Waals surface area contributed by atoms with E-state index >= 15 is 0 Å². The highest BCUT2D eigenvalue weighted by atomic mass is 19.1.